The number of hydrogen-bond acceptors (Lipinski definition) is 19. The molecule has 0 aromatic heterocycles. The zero-order valence-electron chi connectivity index (χ0n) is 25.3. The Kier molecular flexibility index (Phi) is 16.1. The monoisotopic (exact) mass is 725 g/mol. The molecule has 3 aliphatic rings. The highest BCUT2D eigenvalue weighted by Crippen LogP contribution is 2.32. The molecule has 1 aliphatic carbocycles. The Hall–Kier alpha value is -1.99. The Morgan fingerprint density at radius 2 is 1.42 bits per heavy atom. The maximum absolute atomic E-state index is 12.8. The highest BCUT2D eigenvalue weighted by molar-refractivity contribution is 7.79. The molecule has 0 radical (unpaired) electrons. The zero-order valence-corrected chi connectivity index (χ0v) is 26.2. The molecule has 282 valence electrons. The number of aliphatic imine (C=N–C) groups is 1. The molecule has 2 saturated heterocycles. The normalized spacial score (nSPS) is 41.0. The number of aliphatic hydroxyl groups excluding tert-OH is 8. The lowest BCUT2D eigenvalue weighted by molar-refractivity contribution is -0.332. The molecule has 2 heterocycles. The van der Waals surface area contributed by atoms with E-state index in [0.29, 0.717) is 0 Å². The number of hydrogen-bond donors (Lipinski definition) is 16. The Morgan fingerprint density at radius 1 is 0.875 bits per heavy atom. The summed E-state index contributed by atoms with van der Waals surface area (Å²) in [6.07, 6.45) is -20.3. The first kappa shape index (κ1) is 42.2. The number of aliphatic hydroxyl groups is 8. The van der Waals surface area contributed by atoms with E-state index in [9.17, 15) is 45.6 Å². The van der Waals surface area contributed by atoms with Crippen LogP contribution in [0.4, 0.5) is 0 Å². The fourth-order valence-electron chi connectivity index (χ4n) is 5.23. The molecular weight excluding hydrogens is 678 g/mol. The van der Waals surface area contributed by atoms with Crippen molar-refractivity contribution in [2.75, 3.05) is 19.7 Å². The van der Waals surface area contributed by atoms with Crippen molar-refractivity contribution < 1.29 is 82.1 Å². The molecule has 2 aliphatic heterocycles. The molecular formula is C23H47N7O17S. The lowest BCUT2D eigenvalue weighted by Gasteiger charge is -2.49. The molecule has 21 N–H and O–H groups in total. The molecule has 16 unspecified atom stereocenters. The van der Waals surface area contributed by atoms with Crippen LogP contribution in [0, 0.1) is 0 Å². The van der Waals surface area contributed by atoms with Crippen molar-refractivity contribution in [2.45, 2.75) is 111 Å². The first-order valence-corrected chi connectivity index (χ1v) is 15.9. The van der Waals surface area contributed by atoms with Crippen molar-refractivity contribution in [1.29, 1.82) is 0 Å². The van der Waals surface area contributed by atoms with E-state index < -0.39 is 121 Å². The van der Waals surface area contributed by atoms with Gasteiger partial charge in [0.1, 0.15) is 67.1 Å². The van der Waals surface area contributed by atoms with Crippen molar-refractivity contribution in [3.63, 3.8) is 0 Å². The Bertz CT molecular complexity index is 1140. The maximum Gasteiger partial charge on any atom is 0.394 e. The average molecular weight is 726 g/mol. The van der Waals surface area contributed by atoms with E-state index in [1.54, 1.807) is 0 Å². The average Bonchev–Trinajstić information content (AvgIpc) is 2.99. The van der Waals surface area contributed by atoms with Crippen molar-refractivity contribution in [2.24, 2.45) is 33.7 Å². The third kappa shape index (κ3) is 11.5. The number of carbonyl (C=O) groups excluding carboxylic acids is 1. The van der Waals surface area contributed by atoms with Crippen LogP contribution in [0.3, 0.4) is 0 Å². The van der Waals surface area contributed by atoms with E-state index in [1.807, 2.05) is 0 Å². The molecule has 1 saturated carbocycles. The van der Waals surface area contributed by atoms with E-state index in [2.05, 4.69) is 10.3 Å². The smallest absolute Gasteiger partial charge is 0.394 e. The van der Waals surface area contributed by atoms with Crippen molar-refractivity contribution in [3.05, 3.63) is 0 Å². The third-order valence-corrected chi connectivity index (χ3v) is 7.77. The van der Waals surface area contributed by atoms with Crippen LogP contribution < -0.4 is 34.0 Å². The van der Waals surface area contributed by atoms with Gasteiger partial charge in [0.25, 0.3) is 0 Å². The van der Waals surface area contributed by atoms with Crippen LogP contribution in [0.5, 0.6) is 0 Å². The molecule has 24 nitrogen and oxygen atoms in total. The van der Waals surface area contributed by atoms with Crippen molar-refractivity contribution in [3.8, 4) is 0 Å². The lowest BCUT2D eigenvalue weighted by Crippen LogP contribution is -2.69. The number of nitrogens with one attached hydrogen (secondary N) is 1. The molecule has 48 heavy (non-hydrogen) atoms. The maximum atomic E-state index is 12.8. The van der Waals surface area contributed by atoms with Gasteiger partial charge in [-0.05, 0) is 6.42 Å². The highest BCUT2D eigenvalue weighted by Gasteiger charge is 2.52. The quantitative estimate of drug-likeness (QED) is 0.0534. The number of rotatable bonds is 11. The second-order valence-corrected chi connectivity index (χ2v) is 12.2. The van der Waals surface area contributed by atoms with Gasteiger partial charge in [-0.15, -0.1) is 0 Å². The van der Waals surface area contributed by atoms with Crippen LogP contribution in [-0.2, 0) is 34.1 Å². The van der Waals surface area contributed by atoms with E-state index in [-0.39, 0.29) is 31.9 Å². The van der Waals surface area contributed by atoms with Gasteiger partial charge in [0.15, 0.2) is 18.5 Å². The second kappa shape index (κ2) is 18.3. The van der Waals surface area contributed by atoms with Crippen LogP contribution in [0.1, 0.15) is 12.8 Å². The summed E-state index contributed by atoms with van der Waals surface area (Å²) in [5, 5.41) is 85.4. The summed E-state index contributed by atoms with van der Waals surface area (Å²) in [6, 6.07) is -3.56. The summed E-state index contributed by atoms with van der Waals surface area (Å²) in [4.78, 5) is 16.5. The minimum absolute atomic E-state index is 0.0709. The number of guanidine groups is 1. The fourth-order valence-corrected chi connectivity index (χ4v) is 5.23. The van der Waals surface area contributed by atoms with E-state index in [1.165, 1.54) is 0 Å². The predicted molar refractivity (Wildman–Crippen MR) is 157 cm³/mol. The molecule has 0 bridgehead atoms. The van der Waals surface area contributed by atoms with Crippen molar-refractivity contribution in [1.82, 2.24) is 5.32 Å². The number of carbonyl (C=O) groups is 1. The van der Waals surface area contributed by atoms with Gasteiger partial charge in [0.2, 0.25) is 5.91 Å². The summed E-state index contributed by atoms with van der Waals surface area (Å²) in [5.74, 6) is -1.14. The second-order valence-electron chi connectivity index (χ2n) is 11.3. The lowest BCUT2D eigenvalue weighted by atomic mass is 9.83. The van der Waals surface area contributed by atoms with Crippen LogP contribution in [-0.4, -0.2) is 188 Å². The molecule has 16 atom stereocenters. The predicted octanol–water partition coefficient (Wildman–Crippen LogP) is -9.76. The van der Waals surface area contributed by atoms with Gasteiger partial charge in [0, 0.05) is 25.6 Å². The first-order valence-electron chi connectivity index (χ1n) is 14.5. The Morgan fingerprint density at radius 3 is 1.96 bits per heavy atom. The Balaban J connectivity index is 0.00000149. The van der Waals surface area contributed by atoms with Gasteiger partial charge >= 0.3 is 10.4 Å². The SMILES string of the molecule is NCC1OC(OC2C(N)CC(NC(=O)C(O)CCN=C(N)N)C(OC3OC(CO)C(O)C(N)C3O)C2O)C(O)C(O)C1O.O=S(=O)(O)O. The summed E-state index contributed by atoms with van der Waals surface area (Å²) in [5.41, 5.74) is 28.2. The summed E-state index contributed by atoms with van der Waals surface area (Å²) >= 11 is 0. The van der Waals surface area contributed by atoms with Gasteiger partial charge in [-0.3, -0.25) is 18.9 Å². The third-order valence-electron chi connectivity index (χ3n) is 7.77. The number of ether oxygens (including phenoxy) is 4. The van der Waals surface area contributed by atoms with Crippen LogP contribution in [0.25, 0.3) is 0 Å². The summed E-state index contributed by atoms with van der Waals surface area (Å²) in [7, 11) is -4.67. The van der Waals surface area contributed by atoms with E-state index >= 15 is 0 Å². The number of nitrogens with zero attached hydrogens (tertiary/aromatic N) is 1. The largest absolute Gasteiger partial charge is 0.394 e. The van der Waals surface area contributed by atoms with Crippen molar-refractivity contribution >= 4 is 22.3 Å². The van der Waals surface area contributed by atoms with Gasteiger partial charge in [-0.25, -0.2) is 0 Å². The van der Waals surface area contributed by atoms with Crippen LogP contribution in [0.15, 0.2) is 4.99 Å². The molecule has 3 fully saturated rings. The molecule has 0 spiro atoms. The molecule has 0 aromatic carbocycles. The Labute approximate surface area is 274 Å². The van der Waals surface area contributed by atoms with E-state index in [0.717, 1.165) is 0 Å². The van der Waals surface area contributed by atoms with Crippen LogP contribution in [0.2, 0.25) is 0 Å². The summed E-state index contributed by atoms with van der Waals surface area (Å²) < 4.78 is 54.2. The van der Waals surface area contributed by atoms with Gasteiger partial charge in [-0.1, -0.05) is 0 Å². The topological polar surface area (TPSA) is 445 Å². The molecule has 3 rings (SSSR count). The minimum Gasteiger partial charge on any atom is -0.394 e. The van der Waals surface area contributed by atoms with Gasteiger partial charge in [-0.2, -0.15) is 8.42 Å². The van der Waals surface area contributed by atoms with E-state index in [4.69, 9.17) is 65.1 Å². The standard InChI is InChI=1S/C23H45N7O13.H2O4S/c24-4-9-13(34)15(36)16(37)22(40-9)42-18-6(25)3-7(30-20(39)8(32)1-2-29-23(27)28)19(17(18)38)43-21-14(35)11(26)12(33)10(5-31)41-21;1-5(2,3)4/h6-19,21-22,31-38H,1-5,24-26H2,(H,30,39)(H4,27,28,29);(H2,1,2,3,4). The molecule has 0 aromatic rings. The molecule has 25 heteroatoms. The van der Waals surface area contributed by atoms with Gasteiger partial charge in [0.05, 0.1) is 18.7 Å². The number of nitrogens with two attached hydrogens (primary N) is 5. The first-order chi connectivity index (χ1) is 22.2. The van der Waals surface area contributed by atoms with Crippen LogP contribution >= 0.6 is 0 Å². The molecule has 1 amide bonds. The fraction of sp³-hybridized carbons (Fsp3) is 0.913. The highest BCUT2D eigenvalue weighted by atomic mass is 32.3. The summed E-state index contributed by atoms with van der Waals surface area (Å²) in [6.45, 7) is -1.01. The number of amides is 1. The van der Waals surface area contributed by atoms with Gasteiger partial charge < -0.3 is 93.8 Å². The zero-order chi connectivity index (χ0) is 36.7. The minimum atomic E-state index is -4.67.